The summed E-state index contributed by atoms with van der Waals surface area (Å²) >= 11 is 0. The predicted molar refractivity (Wildman–Crippen MR) is 46.6 cm³/mol. The molecule has 0 spiro atoms. The molecule has 8 heteroatoms. The summed E-state index contributed by atoms with van der Waals surface area (Å²) in [5, 5.41) is 0. The summed E-state index contributed by atoms with van der Waals surface area (Å²) in [7, 11) is -2.91. The Hall–Kier alpha value is -0.250. The third-order valence-corrected chi connectivity index (χ3v) is 5.73. The maximum Gasteiger partial charge on any atom is 0.523 e. The van der Waals surface area contributed by atoms with Crippen LogP contribution in [0, 0.1) is 0 Å². The summed E-state index contributed by atoms with van der Waals surface area (Å²) in [5.74, 6) is -0.168. The third-order valence-electron chi connectivity index (χ3n) is 1.12. The van der Waals surface area contributed by atoms with Crippen LogP contribution in [0.4, 0.5) is 0 Å². The standard InChI is InChI=1S/C5H10O6P2/c1-9-5(6)4-12(7)13(8,10-2)11-3/h4H,1-3H3. The molecule has 1 unspecified atom stereocenters. The van der Waals surface area contributed by atoms with Gasteiger partial charge in [-0.05, 0) is 0 Å². The molecular weight excluding hydrogens is 218 g/mol. The molecule has 0 fully saturated rings. The fourth-order valence-electron chi connectivity index (χ4n) is 0.449. The van der Waals surface area contributed by atoms with Gasteiger partial charge in [0.25, 0.3) is 0 Å². The number of esters is 1. The van der Waals surface area contributed by atoms with Crippen molar-refractivity contribution in [3.05, 3.63) is 0 Å². The minimum Gasteiger partial charge on any atom is -0.622 e. The highest BCUT2D eigenvalue weighted by atomic mass is 32.1. The first-order valence-corrected chi connectivity index (χ1v) is 6.69. The first-order valence-electron chi connectivity index (χ1n) is 3.11. The SMILES string of the molecule is COC(=O)C=[P+]([O-])P(=O)(OC)OC. The van der Waals surface area contributed by atoms with E-state index in [2.05, 4.69) is 13.8 Å². The molecule has 0 bridgehead atoms. The van der Waals surface area contributed by atoms with Crippen LogP contribution < -0.4 is 4.89 Å². The Morgan fingerprint density at radius 3 is 2.15 bits per heavy atom. The van der Waals surface area contributed by atoms with E-state index < -0.39 is 20.7 Å². The van der Waals surface area contributed by atoms with Crippen molar-refractivity contribution in [2.75, 3.05) is 21.3 Å². The van der Waals surface area contributed by atoms with Gasteiger partial charge in [-0.1, -0.05) is 0 Å². The lowest BCUT2D eigenvalue weighted by atomic mass is 10.8. The van der Waals surface area contributed by atoms with E-state index in [4.69, 9.17) is 0 Å². The quantitative estimate of drug-likeness (QED) is 0.501. The monoisotopic (exact) mass is 228 g/mol. The highest BCUT2D eigenvalue weighted by molar-refractivity contribution is 8.24. The number of carbonyl (C=O) groups excluding carboxylic acids is 1. The Kier molecular flexibility index (Phi) is 5.37. The molecule has 6 nitrogen and oxygen atoms in total. The lowest BCUT2D eigenvalue weighted by molar-refractivity contribution is -0.149. The lowest BCUT2D eigenvalue weighted by Gasteiger charge is -2.07. The number of rotatable bonds is 4. The van der Waals surface area contributed by atoms with Crippen molar-refractivity contribution in [3.63, 3.8) is 0 Å². The summed E-state index contributed by atoms with van der Waals surface area (Å²) in [4.78, 5) is 21.8. The fraction of sp³-hybridized carbons (Fsp3) is 0.600. The zero-order valence-corrected chi connectivity index (χ0v) is 9.21. The molecule has 0 aliphatic heterocycles. The second-order valence-corrected chi connectivity index (χ2v) is 6.97. The van der Waals surface area contributed by atoms with Crippen LogP contribution in [0.5, 0.6) is 0 Å². The highest BCUT2D eigenvalue weighted by Crippen LogP contribution is 2.65. The normalized spacial score (nSPS) is 12.8. The van der Waals surface area contributed by atoms with Gasteiger partial charge in [0, 0.05) is 14.2 Å². The second kappa shape index (κ2) is 5.47. The van der Waals surface area contributed by atoms with Gasteiger partial charge in [0.2, 0.25) is 0 Å². The van der Waals surface area contributed by atoms with Gasteiger partial charge >= 0.3 is 13.3 Å². The van der Waals surface area contributed by atoms with Gasteiger partial charge < -0.3 is 9.63 Å². The van der Waals surface area contributed by atoms with Crippen molar-refractivity contribution in [2.45, 2.75) is 0 Å². The minimum absolute atomic E-state index is 0.670. The van der Waals surface area contributed by atoms with Crippen LogP contribution in [0.25, 0.3) is 0 Å². The van der Waals surface area contributed by atoms with Crippen LogP contribution in [0.15, 0.2) is 0 Å². The molecule has 0 amide bonds. The fourth-order valence-corrected chi connectivity index (χ4v) is 3.02. The molecule has 76 valence electrons. The number of hydrogen-bond donors (Lipinski definition) is 0. The molecular formula is C5H10O6P2. The van der Waals surface area contributed by atoms with Crippen molar-refractivity contribution >= 4 is 26.5 Å². The Morgan fingerprint density at radius 1 is 1.38 bits per heavy atom. The first kappa shape index (κ1) is 12.8. The van der Waals surface area contributed by atoms with Crippen molar-refractivity contribution < 1.29 is 28.0 Å². The van der Waals surface area contributed by atoms with E-state index >= 15 is 0 Å². The van der Waals surface area contributed by atoms with Crippen LogP contribution in [0.3, 0.4) is 0 Å². The zero-order chi connectivity index (χ0) is 10.5. The molecule has 1 atom stereocenters. The number of methoxy groups -OCH3 is 1. The second-order valence-electron chi connectivity index (χ2n) is 1.79. The van der Waals surface area contributed by atoms with Crippen LogP contribution in [0.2, 0.25) is 0 Å². The molecule has 0 aromatic rings. The smallest absolute Gasteiger partial charge is 0.523 e. The topological polar surface area (TPSA) is 84.9 Å². The molecule has 0 saturated heterocycles. The number of ether oxygens (including phenoxy) is 1. The molecule has 0 aliphatic rings. The van der Waals surface area contributed by atoms with Gasteiger partial charge in [-0.2, -0.15) is 0 Å². The van der Waals surface area contributed by atoms with Crippen molar-refractivity contribution in [1.82, 2.24) is 0 Å². The van der Waals surface area contributed by atoms with Gasteiger partial charge in [-0.25, -0.2) is 9.36 Å². The van der Waals surface area contributed by atoms with E-state index in [1.165, 1.54) is 0 Å². The van der Waals surface area contributed by atoms with Gasteiger partial charge in [-0.15, -0.1) is 0 Å². The molecule has 0 saturated carbocycles. The van der Waals surface area contributed by atoms with Gasteiger partial charge in [0.15, 0.2) is 13.3 Å². The highest BCUT2D eigenvalue weighted by Gasteiger charge is 2.33. The zero-order valence-electron chi connectivity index (χ0n) is 7.42. The number of carbonyl (C=O) groups is 1. The van der Waals surface area contributed by atoms with E-state index in [9.17, 15) is 14.3 Å². The predicted octanol–water partition coefficient (Wildman–Crippen LogP) is 0.120. The maximum absolute atomic E-state index is 11.3. The van der Waals surface area contributed by atoms with Gasteiger partial charge in [0.05, 0.1) is 7.11 Å². The van der Waals surface area contributed by atoms with Crippen molar-refractivity contribution in [2.24, 2.45) is 0 Å². The van der Waals surface area contributed by atoms with E-state index in [0.29, 0.717) is 5.80 Å². The van der Waals surface area contributed by atoms with Crippen LogP contribution >= 0.6 is 14.7 Å². The summed E-state index contributed by atoms with van der Waals surface area (Å²) in [5.41, 5.74) is 0. The van der Waals surface area contributed by atoms with Crippen molar-refractivity contribution in [3.8, 4) is 0 Å². The average Bonchev–Trinajstić information content (AvgIpc) is 2.16. The van der Waals surface area contributed by atoms with Crippen molar-refractivity contribution in [1.29, 1.82) is 0 Å². The Balaban J connectivity index is 4.75. The van der Waals surface area contributed by atoms with Crippen LogP contribution in [0.1, 0.15) is 0 Å². The van der Waals surface area contributed by atoms with E-state index in [1.807, 2.05) is 0 Å². The van der Waals surface area contributed by atoms with Gasteiger partial charge in [-0.3, -0.25) is 9.05 Å². The maximum atomic E-state index is 11.3. The number of hydrogen-bond acceptors (Lipinski definition) is 6. The van der Waals surface area contributed by atoms with Gasteiger partial charge in [0.1, 0.15) is 0 Å². The molecule has 0 rings (SSSR count). The largest absolute Gasteiger partial charge is 0.622 e. The summed E-state index contributed by atoms with van der Waals surface area (Å²) in [6.07, 6.45) is 0. The summed E-state index contributed by atoms with van der Waals surface area (Å²) < 4.78 is 24.3. The Bertz CT molecular complexity index is 252. The van der Waals surface area contributed by atoms with E-state index in [0.717, 1.165) is 21.3 Å². The molecule has 0 radical (unpaired) electrons. The molecule has 0 aromatic heterocycles. The molecule has 0 aliphatic carbocycles. The molecule has 0 N–H and O–H groups in total. The molecule has 0 aromatic carbocycles. The average molecular weight is 228 g/mol. The lowest BCUT2D eigenvalue weighted by Crippen LogP contribution is -2.05. The molecule has 13 heavy (non-hydrogen) atoms. The summed E-state index contributed by atoms with van der Waals surface area (Å²) in [6.45, 7) is 0. The third kappa shape index (κ3) is 3.55. The summed E-state index contributed by atoms with van der Waals surface area (Å²) in [6, 6.07) is 0. The first-order chi connectivity index (χ1) is 6.00. The van der Waals surface area contributed by atoms with Crippen LogP contribution in [-0.4, -0.2) is 33.1 Å². The minimum atomic E-state index is -3.69. The van der Waals surface area contributed by atoms with E-state index in [1.54, 1.807) is 0 Å². The van der Waals surface area contributed by atoms with Crippen LogP contribution in [-0.2, 0) is 23.1 Å². The van der Waals surface area contributed by atoms with E-state index in [-0.39, 0.29) is 0 Å². The molecule has 0 heterocycles. The Labute approximate surface area is 76.7 Å². The Morgan fingerprint density at radius 2 is 1.85 bits per heavy atom.